The van der Waals surface area contributed by atoms with Gasteiger partial charge in [0, 0.05) is 11.2 Å². The van der Waals surface area contributed by atoms with Gasteiger partial charge in [0.2, 0.25) is 8.96 Å². The van der Waals surface area contributed by atoms with Gasteiger partial charge in [-0.25, -0.2) is 14.4 Å². The first kappa shape index (κ1) is 10.7. The van der Waals surface area contributed by atoms with E-state index in [1.54, 1.807) is 0 Å². The van der Waals surface area contributed by atoms with Gasteiger partial charge in [0.05, 0.1) is 0 Å². The van der Waals surface area contributed by atoms with Crippen LogP contribution in [0.3, 0.4) is 0 Å². The van der Waals surface area contributed by atoms with E-state index < -0.39 is 27.3 Å². The van der Waals surface area contributed by atoms with Crippen LogP contribution in [-0.2, 0) is 29.6 Å². The van der Waals surface area contributed by atoms with Crippen molar-refractivity contribution in [1.82, 2.24) is 10.3 Å². The molecule has 0 spiro atoms. The number of hydrogen-bond donors (Lipinski definition) is 3. The summed E-state index contributed by atoms with van der Waals surface area (Å²) in [5.41, 5.74) is 2.13. The molecule has 1 aliphatic heterocycles. The van der Waals surface area contributed by atoms with Crippen molar-refractivity contribution in [1.29, 1.82) is 0 Å². The minimum absolute atomic E-state index is 0.958. The molecule has 1 fully saturated rings. The fraction of sp³-hybridized carbons (Fsp3) is 0.667. The molecule has 0 aromatic carbocycles. The minimum Gasteiger partial charge on any atom is -0.436 e. The molecule has 72 valence electrons. The Hall–Kier alpha value is -0.415. The molecular weight excluding hydrogens is 219 g/mol. The second-order valence-electron chi connectivity index (χ2n) is 2.09. The molecule has 0 amide bonds. The molecule has 0 bridgehead atoms. The number of carbonyl (C=O) groups is 1. The standard InChI is InChI=1S/C3H5BN2O5S2/c4-1-2(11-3(7)10-1)5-6-13(8,9)12/h1-2,5-6H,(H,8,9,12). The van der Waals surface area contributed by atoms with E-state index in [4.69, 9.17) is 12.4 Å². The van der Waals surface area contributed by atoms with E-state index in [1.165, 1.54) is 0 Å². The summed E-state index contributed by atoms with van der Waals surface area (Å²) in [5.74, 6) is 0. The van der Waals surface area contributed by atoms with E-state index in [0.29, 0.717) is 0 Å². The van der Waals surface area contributed by atoms with Gasteiger partial charge >= 0.3 is 6.16 Å². The van der Waals surface area contributed by atoms with E-state index in [0.717, 1.165) is 0 Å². The van der Waals surface area contributed by atoms with Gasteiger partial charge in [0.25, 0.3) is 0 Å². The van der Waals surface area contributed by atoms with E-state index in [2.05, 4.69) is 26.1 Å². The van der Waals surface area contributed by atoms with Gasteiger partial charge < -0.3 is 9.47 Å². The summed E-state index contributed by atoms with van der Waals surface area (Å²) in [7, 11) is 1.64. The van der Waals surface area contributed by atoms with Crippen LogP contribution in [0.25, 0.3) is 0 Å². The highest BCUT2D eigenvalue weighted by atomic mass is 32.8. The zero-order valence-electron chi connectivity index (χ0n) is 6.13. The number of carbonyl (C=O) groups excluding carboxylic acids is 1. The van der Waals surface area contributed by atoms with Gasteiger partial charge in [-0.3, -0.25) is 4.55 Å². The lowest BCUT2D eigenvalue weighted by atomic mass is 9.99. The third-order valence-corrected chi connectivity index (χ3v) is 1.71. The average molecular weight is 224 g/mol. The fourth-order valence-corrected chi connectivity index (χ4v) is 1.02. The summed E-state index contributed by atoms with van der Waals surface area (Å²) < 4.78 is 27.9. The van der Waals surface area contributed by atoms with Crippen molar-refractivity contribution in [3.63, 3.8) is 0 Å². The third-order valence-electron chi connectivity index (χ3n) is 1.08. The van der Waals surface area contributed by atoms with Crippen molar-refractivity contribution in [2.75, 3.05) is 0 Å². The molecule has 3 atom stereocenters. The first-order valence-electron chi connectivity index (χ1n) is 3.01. The van der Waals surface area contributed by atoms with Gasteiger partial charge in [-0.2, -0.15) is 0 Å². The molecule has 3 N–H and O–H groups in total. The second-order valence-corrected chi connectivity index (χ2v) is 4.60. The van der Waals surface area contributed by atoms with Gasteiger partial charge in [0.15, 0.2) is 6.23 Å². The molecule has 1 heterocycles. The topological polar surface area (TPSA) is 96.9 Å². The summed E-state index contributed by atoms with van der Waals surface area (Å²) in [6.07, 6.45) is -2.00. The van der Waals surface area contributed by atoms with Crippen molar-refractivity contribution >= 4 is 34.1 Å². The number of nitrogens with one attached hydrogen (secondary N) is 2. The molecular formula is C3H5BN2O5S2. The summed E-state index contributed by atoms with van der Waals surface area (Å²) >= 11 is 4.08. The number of rotatable bonds is 3. The molecule has 2 radical (unpaired) electrons. The van der Waals surface area contributed by atoms with Crippen molar-refractivity contribution in [2.24, 2.45) is 0 Å². The van der Waals surface area contributed by atoms with Crippen molar-refractivity contribution in [3.8, 4) is 0 Å². The Morgan fingerprint density at radius 2 is 2.23 bits per heavy atom. The van der Waals surface area contributed by atoms with Crippen LogP contribution in [0.15, 0.2) is 0 Å². The van der Waals surface area contributed by atoms with Crippen LogP contribution in [0.5, 0.6) is 0 Å². The molecule has 0 aromatic rings. The second kappa shape index (κ2) is 3.76. The van der Waals surface area contributed by atoms with E-state index >= 15 is 0 Å². The van der Waals surface area contributed by atoms with Crippen molar-refractivity contribution < 1.29 is 23.0 Å². The summed E-state index contributed by atoms with van der Waals surface area (Å²) in [5, 5.41) is 0. The van der Waals surface area contributed by atoms with E-state index in [1.807, 2.05) is 4.83 Å². The van der Waals surface area contributed by atoms with Crippen LogP contribution < -0.4 is 10.3 Å². The molecule has 3 unspecified atom stereocenters. The van der Waals surface area contributed by atoms with Crippen LogP contribution in [0.1, 0.15) is 0 Å². The van der Waals surface area contributed by atoms with Gasteiger partial charge in [-0.15, -0.1) is 4.83 Å². The van der Waals surface area contributed by atoms with Gasteiger partial charge in [-0.05, 0) is 0 Å². The molecule has 7 nitrogen and oxygen atoms in total. The van der Waals surface area contributed by atoms with Gasteiger partial charge in [0.1, 0.15) is 13.8 Å². The number of hydrogen-bond acceptors (Lipinski definition) is 6. The highest BCUT2D eigenvalue weighted by molar-refractivity contribution is 8.28. The van der Waals surface area contributed by atoms with E-state index in [9.17, 15) is 9.00 Å². The smallest absolute Gasteiger partial charge is 0.436 e. The summed E-state index contributed by atoms with van der Waals surface area (Å²) in [6.45, 7) is 0. The molecule has 10 heteroatoms. The largest absolute Gasteiger partial charge is 0.509 e. The van der Waals surface area contributed by atoms with Crippen LogP contribution >= 0.6 is 0 Å². The molecule has 1 saturated heterocycles. The molecule has 0 aliphatic carbocycles. The average Bonchev–Trinajstić information content (AvgIpc) is 2.24. The molecule has 1 rings (SSSR count). The van der Waals surface area contributed by atoms with Crippen LogP contribution in [-0.4, -0.2) is 35.0 Å². The molecule has 0 aromatic heterocycles. The van der Waals surface area contributed by atoms with Gasteiger partial charge in [-0.1, -0.05) is 0 Å². The predicted molar refractivity (Wildman–Crippen MR) is 45.3 cm³/mol. The Morgan fingerprint density at radius 1 is 1.62 bits per heavy atom. The molecule has 0 saturated carbocycles. The predicted octanol–water partition coefficient (Wildman–Crippen LogP) is -1.80. The van der Waals surface area contributed by atoms with Crippen LogP contribution in [0.2, 0.25) is 0 Å². The lowest BCUT2D eigenvalue weighted by Gasteiger charge is -2.13. The minimum atomic E-state index is -3.58. The highest BCUT2D eigenvalue weighted by Crippen LogP contribution is 2.08. The Labute approximate surface area is 80.2 Å². The Morgan fingerprint density at radius 3 is 2.62 bits per heavy atom. The maximum atomic E-state index is 10.5. The number of cyclic esters (lactones) is 2. The highest BCUT2D eigenvalue weighted by Gasteiger charge is 2.32. The van der Waals surface area contributed by atoms with E-state index in [-0.39, 0.29) is 0 Å². The van der Waals surface area contributed by atoms with Crippen LogP contribution in [0, 0.1) is 0 Å². The summed E-state index contributed by atoms with van der Waals surface area (Å²) in [6, 6.07) is -1.04. The first-order chi connectivity index (χ1) is 5.88. The fourth-order valence-electron chi connectivity index (χ4n) is 0.616. The molecule has 1 aliphatic rings. The SMILES string of the molecule is [B]C1OC(=O)OC1NNS(=O)(O)=S. The monoisotopic (exact) mass is 224 g/mol. The molecule has 13 heavy (non-hydrogen) atoms. The maximum absolute atomic E-state index is 10.5. The van der Waals surface area contributed by atoms with Crippen molar-refractivity contribution in [3.05, 3.63) is 0 Å². The number of hydrazine groups is 1. The Bertz CT molecular complexity index is 305. The lowest BCUT2D eigenvalue weighted by Crippen LogP contribution is -2.48. The third kappa shape index (κ3) is 3.44. The van der Waals surface area contributed by atoms with Crippen molar-refractivity contribution in [2.45, 2.75) is 12.2 Å². The lowest BCUT2D eigenvalue weighted by molar-refractivity contribution is 0.106. The number of ether oxygens (including phenoxy) is 2. The first-order valence-corrected chi connectivity index (χ1v) is 5.45. The quantitative estimate of drug-likeness (QED) is 0.295. The maximum Gasteiger partial charge on any atom is 0.509 e. The Balaban J connectivity index is 2.42. The normalized spacial score (nSPS) is 31.9. The zero-order valence-corrected chi connectivity index (χ0v) is 7.76. The van der Waals surface area contributed by atoms with Crippen LogP contribution in [0.4, 0.5) is 4.79 Å². The summed E-state index contributed by atoms with van der Waals surface area (Å²) in [4.78, 5) is 12.3. The Kier molecular flexibility index (Phi) is 3.08. The zero-order chi connectivity index (χ0) is 10.1.